The molecule has 1 saturated carbocycles. The molecule has 2 aliphatic rings. The summed E-state index contributed by atoms with van der Waals surface area (Å²) in [5.74, 6) is 0.508. The van der Waals surface area contributed by atoms with Crippen LogP contribution in [0.25, 0.3) is 0 Å². The molecule has 2 rings (SSSR count). The van der Waals surface area contributed by atoms with Gasteiger partial charge in [-0.05, 0) is 31.6 Å². The highest BCUT2D eigenvalue weighted by Gasteiger charge is 2.29. The molecule has 0 aromatic carbocycles. The Kier molecular flexibility index (Phi) is 3.59. The van der Waals surface area contributed by atoms with Gasteiger partial charge in [0.25, 0.3) is 0 Å². The second kappa shape index (κ2) is 4.95. The van der Waals surface area contributed by atoms with E-state index in [1.54, 1.807) is 0 Å². The molecule has 2 unspecified atom stereocenters. The summed E-state index contributed by atoms with van der Waals surface area (Å²) in [6, 6.07) is 0.273. The Balaban J connectivity index is 1.84. The van der Waals surface area contributed by atoms with Crippen LogP contribution in [0, 0.1) is 5.92 Å². The van der Waals surface area contributed by atoms with Crippen molar-refractivity contribution in [1.82, 2.24) is 4.90 Å². The summed E-state index contributed by atoms with van der Waals surface area (Å²) in [6.07, 6.45) is 6.10. The minimum atomic E-state index is 0.00261. The van der Waals surface area contributed by atoms with Crippen LogP contribution in [0.5, 0.6) is 0 Å². The predicted octanol–water partition coefficient (Wildman–Crippen LogP) is 1.04. The minimum absolute atomic E-state index is 0.00261. The Morgan fingerprint density at radius 1 is 1.12 bits per heavy atom. The molecule has 2 atom stereocenters. The summed E-state index contributed by atoms with van der Waals surface area (Å²) in [7, 11) is 0. The second-order valence-electron chi connectivity index (χ2n) is 4.94. The van der Waals surface area contributed by atoms with Crippen molar-refractivity contribution in [1.29, 1.82) is 0 Å². The van der Waals surface area contributed by atoms with E-state index in [9.17, 15) is 9.59 Å². The fourth-order valence-electron chi connectivity index (χ4n) is 2.77. The van der Waals surface area contributed by atoms with Gasteiger partial charge in [-0.25, -0.2) is 0 Å². The lowest BCUT2D eigenvalue weighted by Gasteiger charge is -2.26. The van der Waals surface area contributed by atoms with E-state index >= 15 is 0 Å². The molecule has 90 valence electrons. The molecule has 4 heteroatoms. The smallest absolute Gasteiger partial charge is 0.229 e. The summed E-state index contributed by atoms with van der Waals surface area (Å²) in [6.45, 7) is 0.579. The Hall–Kier alpha value is -0.900. The number of likely N-dealkylation sites (tertiary alicyclic amines) is 1. The summed E-state index contributed by atoms with van der Waals surface area (Å²) in [5.41, 5.74) is 5.98. The SMILES string of the molecule is NC1CCCC1CCN1C(=O)CCCC1=O. The summed E-state index contributed by atoms with van der Waals surface area (Å²) in [4.78, 5) is 24.6. The molecule has 2 N–H and O–H groups in total. The van der Waals surface area contributed by atoms with E-state index in [4.69, 9.17) is 5.73 Å². The molecular formula is C12H20N2O2. The van der Waals surface area contributed by atoms with E-state index < -0.39 is 0 Å². The fraction of sp³-hybridized carbons (Fsp3) is 0.833. The first-order valence-electron chi connectivity index (χ1n) is 6.27. The molecule has 0 aromatic heterocycles. The summed E-state index contributed by atoms with van der Waals surface area (Å²) >= 11 is 0. The van der Waals surface area contributed by atoms with Gasteiger partial charge < -0.3 is 5.73 Å². The van der Waals surface area contributed by atoms with Crippen molar-refractivity contribution in [3.05, 3.63) is 0 Å². The first-order valence-corrected chi connectivity index (χ1v) is 6.27. The summed E-state index contributed by atoms with van der Waals surface area (Å²) in [5, 5.41) is 0. The standard InChI is InChI=1S/C12H20N2O2/c13-10-4-1-3-9(10)7-8-14-11(15)5-2-6-12(14)16/h9-10H,1-8,13H2. The lowest BCUT2D eigenvalue weighted by atomic mass is 9.99. The van der Waals surface area contributed by atoms with Gasteiger partial charge in [0.05, 0.1) is 0 Å². The van der Waals surface area contributed by atoms with Gasteiger partial charge in [-0.3, -0.25) is 14.5 Å². The highest BCUT2D eigenvalue weighted by Crippen LogP contribution is 2.27. The van der Waals surface area contributed by atoms with E-state index in [-0.39, 0.29) is 17.9 Å². The largest absolute Gasteiger partial charge is 0.327 e. The van der Waals surface area contributed by atoms with Crippen LogP contribution in [0.4, 0.5) is 0 Å². The lowest BCUT2D eigenvalue weighted by molar-refractivity contribution is -0.148. The van der Waals surface area contributed by atoms with Crippen molar-refractivity contribution in [2.45, 2.75) is 51.0 Å². The molecule has 2 fully saturated rings. The zero-order chi connectivity index (χ0) is 11.5. The minimum Gasteiger partial charge on any atom is -0.327 e. The van der Waals surface area contributed by atoms with E-state index in [0.717, 1.165) is 25.7 Å². The summed E-state index contributed by atoms with van der Waals surface area (Å²) < 4.78 is 0. The van der Waals surface area contributed by atoms with Crippen LogP contribution in [0.2, 0.25) is 0 Å². The average molecular weight is 224 g/mol. The number of amides is 2. The van der Waals surface area contributed by atoms with E-state index in [2.05, 4.69) is 0 Å². The molecule has 1 saturated heterocycles. The third-order valence-electron chi connectivity index (χ3n) is 3.82. The predicted molar refractivity (Wildman–Crippen MR) is 60.5 cm³/mol. The molecule has 2 amide bonds. The highest BCUT2D eigenvalue weighted by molar-refractivity contribution is 5.97. The third-order valence-corrected chi connectivity index (χ3v) is 3.82. The van der Waals surface area contributed by atoms with Gasteiger partial charge in [-0.2, -0.15) is 0 Å². The first-order chi connectivity index (χ1) is 7.68. The molecule has 1 aliphatic heterocycles. The lowest BCUT2D eigenvalue weighted by Crippen LogP contribution is -2.41. The van der Waals surface area contributed by atoms with E-state index in [0.29, 0.717) is 25.3 Å². The quantitative estimate of drug-likeness (QED) is 0.729. The third kappa shape index (κ3) is 2.43. The van der Waals surface area contributed by atoms with Gasteiger partial charge >= 0.3 is 0 Å². The molecule has 0 spiro atoms. The molecule has 1 aliphatic carbocycles. The van der Waals surface area contributed by atoms with Crippen molar-refractivity contribution in [2.75, 3.05) is 6.54 Å². The average Bonchev–Trinajstić information content (AvgIpc) is 2.64. The molecule has 0 aromatic rings. The molecule has 16 heavy (non-hydrogen) atoms. The number of imide groups is 1. The van der Waals surface area contributed by atoms with Crippen molar-refractivity contribution < 1.29 is 9.59 Å². The van der Waals surface area contributed by atoms with Gasteiger partial charge in [-0.1, -0.05) is 6.42 Å². The van der Waals surface area contributed by atoms with Crippen molar-refractivity contribution in [3.8, 4) is 0 Å². The number of carbonyl (C=O) groups excluding carboxylic acids is 2. The Morgan fingerprint density at radius 3 is 2.38 bits per heavy atom. The van der Waals surface area contributed by atoms with Crippen LogP contribution in [0.3, 0.4) is 0 Å². The molecule has 4 nitrogen and oxygen atoms in total. The van der Waals surface area contributed by atoms with Crippen molar-refractivity contribution in [2.24, 2.45) is 11.7 Å². The Bertz CT molecular complexity index is 275. The molecule has 1 heterocycles. The van der Waals surface area contributed by atoms with E-state index in [1.165, 1.54) is 11.3 Å². The van der Waals surface area contributed by atoms with Gasteiger partial charge in [-0.15, -0.1) is 0 Å². The Labute approximate surface area is 96.2 Å². The van der Waals surface area contributed by atoms with Gasteiger partial charge in [0.1, 0.15) is 0 Å². The first kappa shape index (κ1) is 11.6. The number of nitrogens with two attached hydrogens (primary N) is 1. The van der Waals surface area contributed by atoms with Crippen LogP contribution in [0.15, 0.2) is 0 Å². The van der Waals surface area contributed by atoms with Gasteiger partial charge in [0.15, 0.2) is 0 Å². The maximum atomic E-state index is 11.6. The zero-order valence-electron chi connectivity index (χ0n) is 9.65. The number of hydrogen-bond donors (Lipinski definition) is 1. The monoisotopic (exact) mass is 224 g/mol. The topological polar surface area (TPSA) is 63.4 Å². The van der Waals surface area contributed by atoms with Crippen LogP contribution < -0.4 is 5.73 Å². The van der Waals surface area contributed by atoms with Crippen LogP contribution in [-0.4, -0.2) is 29.3 Å². The van der Waals surface area contributed by atoms with Crippen LogP contribution in [-0.2, 0) is 9.59 Å². The maximum Gasteiger partial charge on any atom is 0.229 e. The molecule has 0 bridgehead atoms. The maximum absolute atomic E-state index is 11.6. The number of rotatable bonds is 3. The van der Waals surface area contributed by atoms with Gasteiger partial charge in [0, 0.05) is 25.4 Å². The van der Waals surface area contributed by atoms with E-state index in [1.807, 2.05) is 0 Å². The molecular weight excluding hydrogens is 204 g/mol. The normalized spacial score (nSPS) is 31.2. The van der Waals surface area contributed by atoms with Crippen LogP contribution >= 0.6 is 0 Å². The number of hydrogen-bond acceptors (Lipinski definition) is 3. The van der Waals surface area contributed by atoms with Crippen LogP contribution in [0.1, 0.15) is 44.9 Å². The second-order valence-corrected chi connectivity index (χ2v) is 4.94. The number of piperidine rings is 1. The fourth-order valence-corrected chi connectivity index (χ4v) is 2.77. The Morgan fingerprint density at radius 2 is 1.81 bits per heavy atom. The zero-order valence-corrected chi connectivity index (χ0v) is 9.65. The van der Waals surface area contributed by atoms with Crippen molar-refractivity contribution >= 4 is 11.8 Å². The number of nitrogens with zero attached hydrogens (tertiary/aromatic N) is 1. The molecule has 0 radical (unpaired) electrons. The highest BCUT2D eigenvalue weighted by atomic mass is 16.2. The number of carbonyl (C=O) groups is 2. The van der Waals surface area contributed by atoms with Crippen molar-refractivity contribution in [3.63, 3.8) is 0 Å². The van der Waals surface area contributed by atoms with Gasteiger partial charge in [0.2, 0.25) is 11.8 Å².